The second-order valence-electron chi connectivity index (χ2n) is 17.0. The van der Waals surface area contributed by atoms with Crippen LogP contribution in [0.5, 0.6) is 0 Å². The first-order valence-electron chi connectivity index (χ1n) is 23.4. The van der Waals surface area contributed by atoms with Crippen molar-refractivity contribution in [2.24, 2.45) is 0 Å². The molecule has 2 aliphatic carbocycles. The predicted octanol–water partition coefficient (Wildman–Crippen LogP) is 1.17. The van der Waals surface area contributed by atoms with Gasteiger partial charge in [-0.3, -0.25) is 18.9 Å². The van der Waals surface area contributed by atoms with Crippen molar-refractivity contribution in [2.75, 3.05) is 111 Å². The zero-order valence-electron chi connectivity index (χ0n) is 41.2. The topological polar surface area (TPSA) is 247 Å². The molecule has 0 spiro atoms. The Bertz CT molecular complexity index is 2510. The number of ether oxygens (including phenoxy) is 7. The van der Waals surface area contributed by atoms with Gasteiger partial charge in [-0.15, -0.1) is 0 Å². The van der Waals surface area contributed by atoms with Crippen molar-refractivity contribution < 1.29 is 107 Å². The fourth-order valence-electron chi connectivity index (χ4n) is 8.38. The number of carbonyl (C=O) groups is 3. The molecule has 1 aromatic rings. The van der Waals surface area contributed by atoms with E-state index in [2.05, 4.69) is 4.58 Å². The van der Waals surface area contributed by atoms with Crippen molar-refractivity contribution >= 4 is 49.5 Å². The summed E-state index contributed by atoms with van der Waals surface area (Å²) in [7, 11) is -5.97. The van der Waals surface area contributed by atoms with Gasteiger partial charge >= 0.3 is 35.5 Å². The van der Waals surface area contributed by atoms with E-state index >= 15 is 0 Å². The number of unbranched alkanes of at least 4 members (excludes halogenated alkanes) is 2. The summed E-state index contributed by atoms with van der Waals surface area (Å²) in [5, 5.41) is 0.884. The van der Waals surface area contributed by atoms with Crippen LogP contribution in [-0.2, 0) is 73.2 Å². The van der Waals surface area contributed by atoms with Gasteiger partial charge < -0.3 is 47.0 Å². The Hall–Kier alpha value is -3.68. The number of nitrogens with zero attached hydrogens (tertiary/aromatic N) is 2. The Morgan fingerprint density at radius 2 is 1.45 bits per heavy atom. The molecule has 0 radical (unpaired) electrons. The normalized spacial score (nSPS) is 16.9. The Labute approximate surface area is 438 Å². The summed E-state index contributed by atoms with van der Waals surface area (Å²) < 4.78 is 116. The van der Waals surface area contributed by atoms with Gasteiger partial charge in [0.15, 0.2) is 24.7 Å². The van der Waals surface area contributed by atoms with Crippen LogP contribution in [-0.4, -0.2) is 155 Å². The monoisotopic (exact) mass is 1040 g/mol. The van der Waals surface area contributed by atoms with Crippen molar-refractivity contribution in [3.05, 3.63) is 83.1 Å². The third-order valence-corrected chi connectivity index (χ3v) is 13.7. The Kier molecular flexibility index (Phi) is 25.2. The summed E-state index contributed by atoms with van der Waals surface area (Å²) in [6.07, 6.45) is 7.61. The van der Waals surface area contributed by atoms with E-state index in [1.54, 1.807) is 26.5 Å². The van der Waals surface area contributed by atoms with Crippen molar-refractivity contribution in [2.45, 2.75) is 74.7 Å². The van der Waals surface area contributed by atoms with Crippen LogP contribution in [0.25, 0.3) is 17.4 Å². The van der Waals surface area contributed by atoms with Crippen LogP contribution >= 0.6 is 0 Å². The van der Waals surface area contributed by atoms with Gasteiger partial charge in [-0.05, 0) is 80.1 Å². The van der Waals surface area contributed by atoms with Gasteiger partial charge in [0.25, 0.3) is 10.1 Å². The first-order chi connectivity index (χ1) is 33.6. The second-order valence-corrected chi connectivity index (χ2v) is 20.0. The van der Waals surface area contributed by atoms with Crippen molar-refractivity contribution in [3.63, 3.8) is 0 Å². The van der Waals surface area contributed by atoms with Gasteiger partial charge in [-0.25, -0.2) is 13.0 Å². The predicted molar refractivity (Wildman–Crippen MR) is 257 cm³/mol. The number of hydrogen-bond acceptors (Lipinski definition) is 17. The number of rotatable bonds is 32. The average Bonchev–Trinajstić information content (AvgIpc) is 3.75. The molecule has 19 nitrogen and oxygen atoms in total. The molecule has 2 aliphatic heterocycles. The largest absolute Gasteiger partial charge is 1.00 e. The number of esters is 1. The number of allylic oxidation sites excluding steroid dienone is 3. The van der Waals surface area contributed by atoms with Crippen LogP contribution < -0.4 is 44.4 Å². The number of hydrogen-bond donors (Lipinski definition) is 1. The molecule has 1 fully saturated rings. The molecule has 4 aliphatic rings. The first-order valence-corrected chi connectivity index (χ1v) is 26.4. The van der Waals surface area contributed by atoms with Crippen LogP contribution in [0.1, 0.15) is 69.4 Å². The molecule has 1 saturated carbocycles. The smallest absolute Gasteiger partial charge is 0.744 e. The minimum Gasteiger partial charge on any atom is -0.744 e. The van der Waals surface area contributed by atoms with Crippen molar-refractivity contribution in [3.8, 4) is 11.3 Å². The first kappa shape index (κ1) is 59.9. The molecule has 2 heterocycles. The van der Waals surface area contributed by atoms with Gasteiger partial charge in [0.1, 0.15) is 29.1 Å². The number of benzene rings is 2. The molecule has 1 unspecified atom stereocenters. The molecule has 0 amide bonds. The molecule has 1 N–H and O–H groups in total. The summed E-state index contributed by atoms with van der Waals surface area (Å²) in [5.41, 5.74) is 2.39. The molecule has 71 heavy (non-hydrogen) atoms. The van der Waals surface area contributed by atoms with E-state index in [1.807, 2.05) is 54.3 Å². The van der Waals surface area contributed by atoms with E-state index in [1.165, 1.54) is 12.1 Å². The maximum Gasteiger partial charge on any atom is 1.00 e. The van der Waals surface area contributed by atoms with E-state index in [0.29, 0.717) is 128 Å². The Morgan fingerprint density at radius 1 is 0.831 bits per heavy atom. The SMILES string of the molecule is COCCOCCOCC[N+](CCOCCOCCOC)=c1ccc2c(/C=C/C=C3/N(CCCCCC(=O)OC4C(=O)CCC4=O)c4ccc(S(=O)(=O)[O-])cc4C3(C)CCCS(=O)(=O)O)ccoc-2c1.[Na+]. The molecule has 0 saturated heterocycles. The van der Waals surface area contributed by atoms with E-state index in [4.69, 9.17) is 37.6 Å². The summed E-state index contributed by atoms with van der Waals surface area (Å²) in [6, 6.07) is 11.8. The summed E-state index contributed by atoms with van der Waals surface area (Å²) in [6.45, 7) is 7.94. The molecule has 22 heteroatoms. The average molecular weight is 1040 g/mol. The maximum atomic E-state index is 12.5. The standard InChI is InChI=1S/C49H66N2O17S2.Na/c1-49(19-8-34-69(55,56)57)41-36-39(70(58,59)60)13-15-42(41)51(20-6-4-5-11-47(54)68-48-43(52)16-17-44(48)53)46(49)10-7-9-37-18-23-67-45-35-38(12-14-40(37)45)50(21-24-63-30-32-65-28-26-61-2)22-25-64-31-33-66-29-27-62-3;/h7,9-10,12-15,18,23,35-36,48H,4-6,8,11,16-17,19-22,24-34H2,1-3H3,(H-,55,56,57,58,59,60);/q;+1. The number of anilines is 1. The Morgan fingerprint density at radius 3 is 2.06 bits per heavy atom. The minimum atomic E-state index is -4.87. The molecular formula is C49H66N2NaO17S2+. The number of methoxy groups -OCH3 is 2. The fourth-order valence-corrected chi connectivity index (χ4v) is 9.38. The zero-order valence-corrected chi connectivity index (χ0v) is 44.8. The molecule has 0 aromatic heterocycles. The van der Waals surface area contributed by atoms with Gasteiger partial charge in [0, 0.05) is 68.5 Å². The zero-order chi connectivity index (χ0) is 50.6. The van der Waals surface area contributed by atoms with Gasteiger partial charge in [-0.2, -0.15) is 8.42 Å². The van der Waals surface area contributed by atoms with Crippen LogP contribution in [0.3, 0.4) is 0 Å². The molecule has 1 aromatic carbocycles. The second kappa shape index (κ2) is 29.9. The van der Waals surface area contributed by atoms with E-state index in [9.17, 15) is 40.3 Å². The van der Waals surface area contributed by atoms with E-state index < -0.39 is 59.9 Å². The molecular weight excluding hydrogens is 976 g/mol. The summed E-state index contributed by atoms with van der Waals surface area (Å²) >= 11 is 0. The van der Waals surface area contributed by atoms with Gasteiger partial charge in [-0.1, -0.05) is 18.6 Å². The number of fused-ring (bicyclic) bond motifs is 2. The molecule has 5 rings (SSSR count). The van der Waals surface area contributed by atoms with Crippen LogP contribution in [0.15, 0.2) is 75.9 Å². The van der Waals surface area contributed by atoms with Crippen molar-refractivity contribution in [1.82, 2.24) is 4.58 Å². The Balaban J connectivity index is 0.0000110. The van der Waals surface area contributed by atoms with Gasteiger partial charge in [0.05, 0.1) is 75.8 Å². The van der Waals surface area contributed by atoms with Crippen LogP contribution in [0.2, 0.25) is 0 Å². The molecule has 1 atom stereocenters. The third kappa shape index (κ3) is 18.6. The van der Waals surface area contributed by atoms with Crippen molar-refractivity contribution in [1.29, 1.82) is 0 Å². The number of carbonyl (C=O) groups excluding carboxylic acids is 3. The van der Waals surface area contributed by atoms with E-state index in [-0.39, 0.29) is 61.7 Å². The molecule has 386 valence electrons. The van der Waals surface area contributed by atoms with Crippen LogP contribution in [0.4, 0.5) is 5.69 Å². The quantitative estimate of drug-likeness (QED) is 0.0230. The van der Waals surface area contributed by atoms with E-state index in [0.717, 1.165) is 16.5 Å². The number of ketones is 2. The third-order valence-electron chi connectivity index (χ3n) is 12.0. The summed E-state index contributed by atoms with van der Waals surface area (Å²) in [4.78, 5) is 38.0. The summed E-state index contributed by atoms with van der Waals surface area (Å²) in [5.74, 6) is -1.37. The van der Waals surface area contributed by atoms with Crippen LogP contribution in [0, 0.1) is 0 Å². The minimum absolute atomic E-state index is 0. The molecule has 0 bridgehead atoms. The maximum absolute atomic E-state index is 12.5. The van der Waals surface area contributed by atoms with Gasteiger partial charge in [0.2, 0.25) is 11.5 Å². The fraction of sp³-hybridized carbons (Fsp3) is 0.551. The number of Topliss-reactive ketones (excluding diaryl/α,β-unsaturated/α-hetero) is 2.